The topological polar surface area (TPSA) is 56.3 Å². The van der Waals surface area contributed by atoms with Crippen molar-refractivity contribution in [1.29, 1.82) is 0 Å². The largest absolute Gasteiger partial charge is 0.360 e. The number of pyridine rings is 2. The maximum absolute atomic E-state index is 4.74. The van der Waals surface area contributed by atoms with E-state index in [9.17, 15) is 0 Å². The molecular weight excluding hydrogens is 348 g/mol. The minimum atomic E-state index is 0.0688. The zero-order valence-electron chi connectivity index (χ0n) is 16.0. The molecular formula is C22H24N6. The number of aryl methyl sites for hydroxylation is 1. The zero-order valence-corrected chi connectivity index (χ0v) is 16.0. The number of aromatic nitrogens is 2. The van der Waals surface area contributed by atoms with E-state index in [1.165, 1.54) is 5.56 Å². The van der Waals surface area contributed by atoms with Gasteiger partial charge in [-0.05, 0) is 48.9 Å². The summed E-state index contributed by atoms with van der Waals surface area (Å²) in [5.41, 5.74) is 4.70. The summed E-state index contributed by atoms with van der Waals surface area (Å²) in [6, 6.07) is 16.8. The Morgan fingerprint density at radius 1 is 0.821 bits per heavy atom. The van der Waals surface area contributed by atoms with Crippen LogP contribution in [0.25, 0.3) is 0 Å². The first-order chi connectivity index (χ1) is 13.8. The first-order valence-electron chi connectivity index (χ1n) is 9.77. The molecule has 0 radical (unpaired) electrons. The van der Waals surface area contributed by atoms with Gasteiger partial charge in [0, 0.05) is 44.1 Å². The van der Waals surface area contributed by atoms with E-state index in [0.717, 1.165) is 54.8 Å². The Balaban J connectivity index is 1.23. The molecule has 6 heteroatoms. The van der Waals surface area contributed by atoms with E-state index in [1.54, 1.807) is 0 Å². The molecule has 2 aromatic heterocycles. The smallest absolute Gasteiger partial charge is 0.128 e. The van der Waals surface area contributed by atoms with Gasteiger partial charge in [-0.1, -0.05) is 12.1 Å². The highest BCUT2D eigenvalue weighted by molar-refractivity contribution is 5.75. The summed E-state index contributed by atoms with van der Waals surface area (Å²) in [5, 5.41) is 7.06. The summed E-state index contributed by atoms with van der Waals surface area (Å²) in [6.07, 6.45) is 3.90. The summed E-state index contributed by atoms with van der Waals surface area (Å²) in [4.78, 5) is 13.9. The number of benzene rings is 1. The first-order valence-corrected chi connectivity index (χ1v) is 9.77. The van der Waals surface area contributed by atoms with Gasteiger partial charge in [0.15, 0.2) is 0 Å². The molecule has 0 amide bonds. The second-order valence-corrected chi connectivity index (χ2v) is 7.38. The Morgan fingerprint density at radius 3 is 2.25 bits per heavy atom. The van der Waals surface area contributed by atoms with Crippen LogP contribution in [0.4, 0.5) is 23.0 Å². The van der Waals surface area contributed by atoms with Gasteiger partial charge in [-0.15, -0.1) is 0 Å². The highest BCUT2D eigenvalue weighted by atomic mass is 15.3. The Morgan fingerprint density at radius 2 is 1.57 bits per heavy atom. The molecule has 1 atom stereocenters. The van der Waals surface area contributed by atoms with Gasteiger partial charge in [0.05, 0.1) is 11.4 Å². The lowest BCUT2D eigenvalue weighted by Crippen LogP contribution is -2.47. The molecule has 2 aliphatic rings. The standard InChI is InChI=1S/C22H24N6/c1-16-5-7-18-19(14-16)26-22(25-18)17-6-8-21(24-15-17)28-12-10-27(11-13-28)20-4-2-3-9-23-20/h2-9,14-15,22,25-26H,10-13H2,1H3. The minimum absolute atomic E-state index is 0.0688. The Kier molecular flexibility index (Phi) is 4.24. The third-order valence-electron chi connectivity index (χ3n) is 5.46. The molecule has 142 valence electrons. The minimum Gasteiger partial charge on any atom is -0.360 e. The van der Waals surface area contributed by atoms with E-state index < -0.39 is 0 Å². The van der Waals surface area contributed by atoms with Crippen molar-refractivity contribution >= 4 is 23.0 Å². The average molecular weight is 372 g/mol. The van der Waals surface area contributed by atoms with E-state index in [2.05, 4.69) is 68.7 Å². The molecule has 6 nitrogen and oxygen atoms in total. The molecule has 4 heterocycles. The molecule has 0 bridgehead atoms. The SMILES string of the molecule is Cc1ccc2c(c1)NC(c1ccc(N3CCN(c4ccccn4)CC3)nc1)N2. The van der Waals surface area contributed by atoms with Crippen LogP contribution in [0.5, 0.6) is 0 Å². The summed E-state index contributed by atoms with van der Waals surface area (Å²) in [6.45, 7) is 5.93. The molecule has 0 spiro atoms. The molecule has 1 saturated heterocycles. The highest BCUT2D eigenvalue weighted by Gasteiger charge is 2.22. The second-order valence-electron chi connectivity index (χ2n) is 7.38. The maximum Gasteiger partial charge on any atom is 0.128 e. The third kappa shape index (κ3) is 3.22. The Labute approximate surface area is 165 Å². The van der Waals surface area contributed by atoms with Gasteiger partial charge >= 0.3 is 0 Å². The number of nitrogens with one attached hydrogen (secondary N) is 2. The molecule has 1 fully saturated rings. The number of hydrogen-bond acceptors (Lipinski definition) is 6. The van der Waals surface area contributed by atoms with E-state index in [1.807, 2.05) is 24.5 Å². The van der Waals surface area contributed by atoms with Gasteiger partial charge in [0.2, 0.25) is 0 Å². The quantitative estimate of drug-likeness (QED) is 0.732. The molecule has 1 unspecified atom stereocenters. The Bertz CT molecular complexity index is 949. The van der Waals surface area contributed by atoms with Crippen molar-refractivity contribution < 1.29 is 0 Å². The molecule has 28 heavy (non-hydrogen) atoms. The van der Waals surface area contributed by atoms with Crippen LogP contribution >= 0.6 is 0 Å². The van der Waals surface area contributed by atoms with Crippen LogP contribution in [0.1, 0.15) is 17.3 Å². The average Bonchev–Trinajstić information content (AvgIpc) is 3.18. The number of piperazine rings is 1. The molecule has 2 aliphatic heterocycles. The van der Waals surface area contributed by atoms with Crippen molar-refractivity contribution in [3.8, 4) is 0 Å². The number of hydrogen-bond donors (Lipinski definition) is 2. The maximum atomic E-state index is 4.74. The molecule has 3 aromatic rings. The number of rotatable bonds is 3. The molecule has 5 rings (SSSR count). The van der Waals surface area contributed by atoms with Crippen LogP contribution in [0.2, 0.25) is 0 Å². The van der Waals surface area contributed by atoms with Gasteiger partial charge in [-0.3, -0.25) is 0 Å². The van der Waals surface area contributed by atoms with Crippen LogP contribution in [0.15, 0.2) is 60.9 Å². The Hall–Kier alpha value is -3.28. The van der Waals surface area contributed by atoms with E-state index in [-0.39, 0.29) is 6.17 Å². The number of anilines is 4. The monoisotopic (exact) mass is 372 g/mol. The summed E-state index contributed by atoms with van der Waals surface area (Å²) in [5.74, 6) is 2.09. The van der Waals surface area contributed by atoms with Crippen LogP contribution in [-0.2, 0) is 0 Å². The third-order valence-corrected chi connectivity index (χ3v) is 5.46. The van der Waals surface area contributed by atoms with Crippen molar-refractivity contribution in [3.05, 3.63) is 72.1 Å². The van der Waals surface area contributed by atoms with Gasteiger partial charge in [0.1, 0.15) is 17.8 Å². The van der Waals surface area contributed by atoms with Crippen LogP contribution in [0, 0.1) is 6.92 Å². The molecule has 0 aliphatic carbocycles. The fraction of sp³-hybridized carbons (Fsp3) is 0.273. The zero-order chi connectivity index (χ0) is 18.9. The first kappa shape index (κ1) is 16.9. The molecule has 0 saturated carbocycles. The lowest BCUT2D eigenvalue weighted by Gasteiger charge is -2.36. The fourth-order valence-electron chi connectivity index (χ4n) is 3.88. The molecule has 2 N–H and O–H groups in total. The van der Waals surface area contributed by atoms with E-state index in [4.69, 9.17) is 4.98 Å². The normalized spacial score (nSPS) is 18.4. The van der Waals surface area contributed by atoms with Crippen LogP contribution in [-0.4, -0.2) is 36.1 Å². The second kappa shape index (κ2) is 7.03. The van der Waals surface area contributed by atoms with Gasteiger partial charge in [-0.25, -0.2) is 9.97 Å². The van der Waals surface area contributed by atoms with Crippen LogP contribution < -0.4 is 20.4 Å². The van der Waals surface area contributed by atoms with Gasteiger partial charge in [0.25, 0.3) is 0 Å². The highest BCUT2D eigenvalue weighted by Crippen LogP contribution is 2.35. The summed E-state index contributed by atoms with van der Waals surface area (Å²) in [7, 11) is 0. The van der Waals surface area contributed by atoms with Crippen molar-refractivity contribution in [2.24, 2.45) is 0 Å². The number of fused-ring (bicyclic) bond motifs is 1. The van der Waals surface area contributed by atoms with Gasteiger partial charge in [-0.2, -0.15) is 0 Å². The van der Waals surface area contributed by atoms with Crippen molar-refractivity contribution in [2.75, 3.05) is 46.6 Å². The van der Waals surface area contributed by atoms with Gasteiger partial charge < -0.3 is 20.4 Å². The summed E-state index contributed by atoms with van der Waals surface area (Å²) < 4.78 is 0. The number of nitrogens with zero attached hydrogens (tertiary/aromatic N) is 4. The van der Waals surface area contributed by atoms with E-state index >= 15 is 0 Å². The van der Waals surface area contributed by atoms with E-state index in [0.29, 0.717) is 0 Å². The van der Waals surface area contributed by atoms with Crippen molar-refractivity contribution in [2.45, 2.75) is 13.1 Å². The predicted molar refractivity (Wildman–Crippen MR) is 114 cm³/mol. The summed E-state index contributed by atoms with van der Waals surface area (Å²) >= 11 is 0. The van der Waals surface area contributed by atoms with Crippen molar-refractivity contribution in [1.82, 2.24) is 9.97 Å². The lowest BCUT2D eigenvalue weighted by atomic mass is 10.2. The molecule has 1 aromatic carbocycles. The lowest BCUT2D eigenvalue weighted by molar-refractivity contribution is 0.641. The predicted octanol–water partition coefficient (Wildman–Crippen LogP) is 3.65. The van der Waals surface area contributed by atoms with Crippen molar-refractivity contribution in [3.63, 3.8) is 0 Å². The fourth-order valence-corrected chi connectivity index (χ4v) is 3.88. The van der Waals surface area contributed by atoms with Crippen LogP contribution in [0.3, 0.4) is 0 Å².